The second-order valence-corrected chi connectivity index (χ2v) is 37.8. The van der Waals surface area contributed by atoms with Gasteiger partial charge in [-0.05, 0) is 298 Å². The first-order chi connectivity index (χ1) is 66.1. The van der Waals surface area contributed by atoms with Gasteiger partial charge in [-0.1, -0.05) is 284 Å². The number of aromatic nitrogens is 3. The Labute approximate surface area is 782 Å². The lowest BCUT2D eigenvalue weighted by Gasteiger charge is -2.30. The second kappa shape index (κ2) is 30.5. The van der Waals surface area contributed by atoms with Crippen LogP contribution in [0, 0.1) is 0 Å². The fourth-order valence-electron chi connectivity index (χ4n) is 22.0. The third kappa shape index (κ3) is 12.8. The number of fused-ring (bicyclic) bond motifs is 18. The molecule has 0 saturated carbocycles. The minimum atomic E-state index is -0.302. The standard InChI is InChI=1S/C126H88N6O3/c1-124(2)109-43-23-20-41-102(109)106-74-95(56-63-110(106)124)131(90-50-45-78(46-51-90)77-27-11-7-12-28-77)92-52-60-99-88(71-92)72-105(120-118(99)129-121(135-120)80-31-15-9-16-32-80)83-34-26-36-87(68-83)122-127-114-65-48-85-70-91(54-61-100(85)119(114)134-122)130(89-37-17-10-18-38-89)94-57-64-111-107(75-94)104-58-47-82(73-112(104)126(111,5)6)81-33-25-35-86(67-81)123-128-117-98-59-53-93(69-84(98)49-66-116(117)133-123)132(115-44-24-21-39-97(115)79-29-13-8-14-30-79)96-55-62-103-101-40-19-22-42-108(101)125(3,4)113(103)76-96/h7-76H,1-6H3. The van der Waals surface area contributed by atoms with E-state index in [9.17, 15) is 0 Å². The Hall–Kier alpha value is -17.0. The predicted molar refractivity (Wildman–Crippen MR) is 556 cm³/mol. The highest BCUT2D eigenvalue weighted by molar-refractivity contribution is 6.13. The summed E-state index contributed by atoms with van der Waals surface area (Å²) in [5.41, 5.74) is 40.2. The molecule has 0 fully saturated rings. The quantitative estimate of drug-likeness (QED) is 0.0938. The number of para-hydroxylation sites is 2. The fourth-order valence-corrected chi connectivity index (χ4v) is 22.0. The largest absolute Gasteiger partial charge is 0.436 e. The van der Waals surface area contributed by atoms with E-state index in [2.05, 4.69) is 463 Å². The van der Waals surface area contributed by atoms with E-state index in [0.717, 1.165) is 167 Å². The van der Waals surface area contributed by atoms with Crippen LogP contribution in [0.2, 0.25) is 0 Å². The molecule has 0 bridgehead atoms. The Morgan fingerprint density at radius 3 is 1.29 bits per heavy atom. The van der Waals surface area contributed by atoms with Crippen LogP contribution in [-0.2, 0) is 16.2 Å². The van der Waals surface area contributed by atoms with Crippen molar-refractivity contribution in [1.82, 2.24) is 15.0 Å². The van der Waals surface area contributed by atoms with E-state index in [-0.39, 0.29) is 16.2 Å². The molecular weight excluding hydrogens is 1650 g/mol. The molecule has 9 nitrogen and oxygen atoms in total. The molecule has 640 valence electrons. The zero-order valence-electron chi connectivity index (χ0n) is 75.3. The number of rotatable bonds is 16. The monoisotopic (exact) mass is 1730 g/mol. The van der Waals surface area contributed by atoms with Gasteiger partial charge in [-0.2, -0.15) is 0 Å². The highest BCUT2D eigenvalue weighted by atomic mass is 16.4. The van der Waals surface area contributed by atoms with Crippen molar-refractivity contribution in [2.75, 3.05) is 14.7 Å². The smallest absolute Gasteiger partial charge is 0.227 e. The molecule has 9 heteroatoms. The molecule has 3 aromatic heterocycles. The van der Waals surface area contributed by atoms with E-state index in [4.69, 9.17) is 28.2 Å². The number of hydrogen-bond acceptors (Lipinski definition) is 9. The molecule has 0 atom stereocenters. The van der Waals surface area contributed by atoms with Crippen LogP contribution in [0.5, 0.6) is 0 Å². The molecule has 0 amide bonds. The summed E-state index contributed by atoms with van der Waals surface area (Å²) < 4.78 is 20.8. The van der Waals surface area contributed by atoms with Gasteiger partial charge < -0.3 is 28.0 Å². The summed E-state index contributed by atoms with van der Waals surface area (Å²) in [6, 6.07) is 154. The van der Waals surface area contributed by atoms with Gasteiger partial charge in [0.25, 0.3) is 0 Å². The average molecular weight is 1730 g/mol. The van der Waals surface area contributed by atoms with Crippen molar-refractivity contribution < 1.29 is 13.3 Å². The van der Waals surface area contributed by atoms with Crippen molar-refractivity contribution in [1.29, 1.82) is 0 Å². The van der Waals surface area contributed by atoms with Crippen LogP contribution >= 0.6 is 0 Å². The maximum absolute atomic E-state index is 7.04. The third-order valence-corrected chi connectivity index (χ3v) is 28.9. The van der Waals surface area contributed by atoms with Gasteiger partial charge in [0.1, 0.15) is 16.6 Å². The molecule has 0 unspecified atom stereocenters. The van der Waals surface area contributed by atoms with Gasteiger partial charge in [-0.3, -0.25) is 0 Å². The Bertz CT molecular complexity index is 8790. The Kier molecular flexibility index (Phi) is 17.9. The summed E-state index contributed by atoms with van der Waals surface area (Å²) in [7, 11) is 0. The number of nitrogens with zero attached hydrogens (tertiary/aromatic N) is 6. The molecule has 0 aliphatic heterocycles. The minimum absolute atomic E-state index is 0.139. The average Bonchev–Trinajstić information content (AvgIpc) is 1.50. The number of hydrogen-bond donors (Lipinski definition) is 0. The van der Waals surface area contributed by atoms with Gasteiger partial charge in [0.2, 0.25) is 17.7 Å². The lowest BCUT2D eigenvalue weighted by Crippen LogP contribution is -2.16. The van der Waals surface area contributed by atoms with Gasteiger partial charge >= 0.3 is 0 Å². The first-order valence-electron chi connectivity index (χ1n) is 46.5. The highest BCUT2D eigenvalue weighted by Gasteiger charge is 2.40. The molecule has 0 N–H and O–H groups in total. The Balaban J connectivity index is 0.508. The van der Waals surface area contributed by atoms with Crippen LogP contribution in [0.1, 0.15) is 74.9 Å². The molecule has 23 aromatic rings. The molecule has 3 aliphatic carbocycles. The van der Waals surface area contributed by atoms with E-state index in [1.165, 1.54) is 72.3 Å². The van der Waals surface area contributed by atoms with Gasteiger partial charge in [-0.25, -0.2) is 15.0 Å². The maximum Gasteiger partial charge on any atom is 0.227 e. The second-order valence-electron chi connectivity index (χ2n) is 37.8. The van der Waals surface area contributed by atoms with Crippen LogP contribution in [-0.4, -0.2) is 15.0 Å². The van der Waals surface area contributed by atoms with Crippen LogP contribution in [0.15, 0.2) is 438 Å². The van der Waals surface area contributed by atoms with E-state index in [0.29, 0.717) is 23.3 Å². The summed E-state index contributed by atoms with van der Waals surface area (Å²) >= 11 is 0. The molecular formula is C126H88N6O3. The fraction of sp³-hybridized carbons (Fsp3) is 0.0714. The van der Waals surface area contributed by atoms with Crippen molar-refractivity contribution in [3.8, 4) is 112 Å². The third-order valence-electron chi connectivity index (χ3n) is 28.9. The maximum atomic E-state index is 7.04. The molecule has 0 radical (unpaired) electrons. The lowest BCUT2D eigenvalue weighted by molar-refractivity contribution is 0.620. The number of oxazole rings is 3. The molecule has 3 heterocycles. The zero-order valence-corrected chi connectivity index (χ0v) is 75.3. The summed E-state index contributed by atoms with van der Waals surface area (Å²) in [6.07, 6.45) is 0. The van der Waals surface area contributed by atoms with Gasteiger partial charge in [0.05, 0.1) is 5.69 Å². The summed E-state index contributed by atoms with van der Waals surface area (Å²) in [5.74, 6) is 1.65. The Morgan fingerprint density at radius 2 is 0.607 bits per heavy atom. The van der Waals surface area contributed by atoms with Crippen LogP contribution in [0.4, 0.5) is 51.2 Å². The van der Waals surface area contributed by atoms with E-state index >= 15 is 0 Å². The number of benzene rings is 20. The van der Waals surface area contributed by atoms with Crippen LogP contribution in [0.3, 0.4) is 0 Å². The van der Waals surface area contributed by atoms with E-state index < -0.39 is 0 Å². The molecule has 0 spiro atoms. The van der Waals surface area contributed by atoms with Crippen molar-refractivity contribution in [2.45, 2.75) is 57.8 Å². The predicted octanol–water partition coefficient (Wildman–Crippen LogP) is 34.6. The van der Waals surface area contributed by atoms with Gasteiger partial charge in [0.15, 0.2) is 16.7 Å². The lowest BCUT2D eigenvalue weighted by atomic mass is 9.81. The van der Waals surface area contributed by atoms with Gasteiger partial charge in [0, 0.05) is 106 Å². The van der Waals surface area contributed by atoms with E-state index in [1.54, 1.807) is 0 Å². The molecule has 0 saturated heterocycles. The van der Waals surface area contributed by atoms with Gasteiger partial charge in [-0.15, -0.1) is 0 Å². The first kappa shape index (κ1) is 79.0. The summed E-state index contributed by atoms with van der Waals surface area (Å²) in [6.45, 7) is 14.1. The normalized spacial score (nSPS) is 13.4. The van der Waals surface area contributed by atoms with Crippen molar-refractivity contribution in [3.63, 3.8) is 0 Å². The Morgan fingerprint density at radius 1 is 0.200 bits per heavy atom. The van der Waals surface area contributed by atoms with Crippen molar-refractivity contribution in [3.05, 3.63) is 458 Å². The molecule has 20 aromatic carbocycles. The highest BCUT2D eigenvalue weighted by Crippen LogP contribution is 2.57. The summed E-state index contributed by atoms with van der Waals surface area (Å²) in [4.78, 5) is 23.1. The SMILES string of the molecule is CC1(C)c2ccccc2-c2cc(N(c3ccc(-c4ccccc4)cc3)c3ccc4c(c3)cc(-c3cccc(-c5nc6ccc7cc(N(c8ccccc8)c8ccc9c(c8)-c8ccc(-c%10cccc(-c%11nc%12c(ccc%13cc(N(c%14ccc%15c(c%14)C(C)(C)c%14ccccc%14-%15)c%14ccccc%14-c%14ccccc%14)ccc%13%12)o%11)c%10)cc8C9(C)C)ccc7c6o5)c3)c3oc(-c5ccccc5)nc34)ccc21. The molecule has 26 rings (SSSR count). The van der Waals surface area contributed by atoms with E-state index in [1.807, 2.05) is 18.2 Å². The first-order valence-corrected chi connectivity index (χ1v) is 46.5. The van der Waals surface area contributed by atoms with Crippen LogP contribution in [0.25, 0.3) is 178 Å². The van der Waals surface area contributed by atoms with Crippen molar-refractivity contribution in [2.24, 2.45) is 0 Å². The van der Waals surface area contributed by atoms with Crippen molar-refractivity contribution >= 4 is 117 Å². The minimum Gasteiger partial charge on any atom is -0.436 e. The number of anilines is 9. The molecule has 3 aliphatic rings. The zero-order chi connectivity index (χ0) is 90.1. The van der Waals surface area contributed by atoms with Crippen LogP contribution < -0.4 is 14.7 Å². The molecule has 135 heavy (non-hydrogen) atoms. The topological polar surface area (TPSA) is 87.8 Å². The summed E-state index contributed by atoms with van der Waals surface area (Å²) in [5, 5.41) is 6.09.